The van der Waals surface area contributed by atoms with Crippen molar-refractivity contribution in [3.63, 3.8) is 0 Å². The zero-order valence-corrected chi connectivity index (χ0v) is 15.0. The van der Waals surface area contributed by atoms with Gasteiger partial charge in [-0.05, 0) is 44.2 Å². The van der Waals surface area contributed by atoms with Gasteiger partial charge in [-0.3, -0.25) is 4.79 Å². The number of methoxy groups -OCH3 is 1. The monoisotopic (exact) mass is 352 g/mol. The molecule has 1 aromatic heterocycles. The molecule has 0 bridgehead atoms. The highest BCUT2D eigenvalue weighted by atomic mass is 16.5. The first-order chi connectivity index (χ1) is 12.7. The second-order valence-electron chi connectivity index (χ2n) is 6.26. The number of carbonyl (C=O) groups is 1. The van der Waals surface area contributed by atoms with Crippen LogP contribution in [0, 0.1) is 0 Å². The Kier molecular flexibility index (Phi) is 6.19. The van der Waals surface area contributed by atoms with Crippen LogP contribution in [-0.4, -0.2) is 29.5 Å². The Labute approximate surface area is 153 Å². The number of carbonyl (C=O) groups excluding carboxylic acids is 1. The molecule has 6 heteroatoms. The summed E-state index contributed by atoms with van der Waals surface area (Å²) in [4.78, 5) is 20.7. The Morgan fingerprint density at radius 1 is 1.23 bits per heavy atom. The average Bonchev–Trinajstić information content (AvgIpc) is 2.69. The summed E-state index contributed by atoms with van der Waals surface area (Å²) < 4.78 is 5.16. The van der Waals surface area contributed by atoms with E-state index in [2.05, 4.69) is 26.7 Å². The van der Waals surface area contributed by atoms with Crippen LogP contribution in [0.15, 0.2) is 48.3 Å². The number of allylic oxidation sites excluding steroid dienone is 1. The highest BCUT2D eigenvalue weighted by Crippen LogP contribution is 2.20. The summed E-state index contributed by atoms with van der Waals surface area (Å²) in [7, 11) is 1.59. The van der Waals surface area contributed by atoms with Gasteiger partial charge in [0.1, 0.15) is 23.6 Å². The number of hydrogen-bond acceptors (Lipinski definition) is 5. The molecular weight excluding hydrogens is 328 g/mol. The molecule has 26 heavy (non-hydrogen) atoms. The number of nitrogens with zero attached hydrogens (tertiary/aromatic N) is 2. The maximum Gasteiger partial charge on any atom is 0.274 e. The Balaban J connectivity index is 1.57. The summed E-state index contributed by atoms with van der Waals surface area (Å²) in [6.45, 7) is 0.805. The van der Waals surface area contributed by atoms with Crippen LogP contribution in [0.1, 0.15) is 42.6 Å². The lowest BCUT2D eigenvalue weighted by Gasteiger charge is -2.13. The van der Waals surface area contributed by atoms with Gasteiger partial charge in [-0.2, -0.15) is 0 Å². The molecule has 0 aliphatic heterocycles. The van der Waals surface area contributed by atoms with Gasteiger partial charge >= 0.3 is 0 Å². The molecule has 0 unspecified atom stereocenters. The lowest BCUT2D eigenvalue weighted by Crippen LogP contribution is -2.15. The van der Waals surface area contributed by atoms with Gasteiger partial charge in [-0.25, -0.2) is 9.97 Å². The molecule has 2 aromatic rings. The summed E-state index contributed by atoms with van der Waals surface area (Å²) in [6, 6.07) is 8.88. The smallest absolute Gasteiger partial charge is 0.274 e. The van der Waals surface area contributed by atoms with E-state index in [1.807, 2.05) is 12.1 Å². The topological polar surface area (TPSA) is 76.1 Å². The minimum Gasteiger partial charge on any atom is -0.497 e. The molecule has 1 amide bonds. The summed E-state index contributed by atoms with van der Waals surface area (Å²) in [5, 5.41) is 6.10. The molecule has 1 aromatic carbocycles. The van der Waals surface area contributed by atoms with Crippen LogP contribution in [0.4, 0.5) is 11.5 Å². The fourth-order valence-corrected chi connectivity index (χ4v) is 2.96. The molecule has 0 spiro atoms. The van der Waals surface area contributed by atoms with Gasteiger partial charge in [0, 0.05) is 24.4 Å². The molecule has 2 N–H and O–H groups in total. The molecule has 1 heterocycles. The number of benzene rings is 1. The largest absolute Gasteiger partial charge is 0.497 e. The van der Waals surface area contributed by atoms with E-state index in [1.54, 1.807) is 25.3 Å². The standard InChI is InChI=1S/C20H24N4O2/c1-26-17-9-5-8-16(12-17)24-20(25)18-13-19(23-14-22-18)21-11-10-15-6-3-2-4-7-15/h5-6,8-9,12-14H,2-4,7,10-11H2,1H3,(H,24,25)(H,21,22,23). The zero-order chi connectivity index (χ0) is 18.2. The van der Waals surface area contributed by atoms with Crippen molar-refractivity contribution >= 4 is 17.4 Å². The van der Waals surface area contributed by atoms with Gasteiger partial charge < -0.3 is 15.4 Å². The van der Waals surface area contributed by atoms with Gasteiger partial charge in [-0.15, -0.1) is 0 Å². The Hall–Kier alpha value is -2.89. The minimum atomic E-state index is -0.279. The number of ether oxygens (including phenoxy) is 1. The van der Waals surface area contributed by atoms with E-state index in [0.29, 0.717) is 22.9 Å². The van der Waals surface area contributed by atoms with E-state index >= 15 is 0 Å². The Bertz CT molecular complexity index is 789. The molecule has 0 radical (unpaired) electrons. The van der Waals surface area contributed by atoms with Crippen LogP contribution in [0.5, 0.6) is 5.75 Å². The maximum absolute atomic E-state index is 12.4. The summed E-state index contributed by atoms with van der Waals surface area (Å²) in [6.07, 6.45) is 9.73. The number of anilines is 2. The van der Waals surface area contributed by atoms with E-state index in [1.165, 1.54) is 37.6 Å². The predicted molar refractivity (Wildman–Crippen MR) is 103 cm³/mol. The molecule has 0 saturated carbocycles. The van der Waals surface area contributed by atoms with Crippen molar-refractivity contribution in [2.75, 3.05) is 24.3 Å². The van der Waals surface area contributed by atoms with Crippen molar-refractivity contribution in [1.29, 1.82) is 0 Å². The maximum atomic E-state index is 12.4. The third-order valence-electron chi connectivity index (χ3n) is 4.36. The molecule has 0 fully saturated rings. The van der Waals surface area contributed by atoms with Crippen molar-refractivity contribution < 1.29 is 9.53 Å². The quantitative estimate of drug-likeness (QED) is 0.736. The van der Waals surface area contributed by atoms with Gasteiger partial charge in [-0.1, -0.05) is 17.7 Å². The Morgan fingerprint density at radius 2 is 2.15 bits per heavy atom. The van der Waals surface area contributed by atoms with Crippen LogP contribution >= 0.6 is 0 Å². The summed E-state index contributed by atoms with van der Waals surface area (Å²) >= 11 is 0. The Morgan fingerprint density at radius 3 is 2.96 bits per heavy atom. The molecule has 1 aliphatic rings. The van der Waals surface area contributed by atoms with Crippen molar-refractivity contribution in [3.8, 4) is 5.75 Å². The van der Waals surface area contributed by atoms with Crippen LogP contribution in [-0.2, 0) is 0 Å². The van der Waals surface area contributed by atoms with E-state index in [-0.39, 0.29) is 5.91 Å². The van der Waals surface area contributed by atoms with Gasteiger partial charge in [0.25, 0.3) is 5.91 Å². The first kappa shape index (κ1) is 17.9. The van der Waals surface area contributed by atoms with Crippen molar-refractivity contribution in [3.05, 3.63) is 54.0 Å². The fraction of sp³-hybridized carbons (Fsp3) is 0.350. The second-order valence-corrected chi connectivity index (χ2v) is 6.26. The number of hydrogen-bond donors (Lipinski definition) is 2. The average molecular weight is 352 g/mol. The molecule has 6 nitrogen and oxygen atoms in total. The molecule has 1 aliphatic carbocycles. The van der Waals surface area contributed by atoms with Crippen LogP contribution in [0.2, 0.25) is 0 Å². The minimum absolute atomic E-state index is 0.279. The van der Waals surface area contributed by atoms with Crippen molar-refractivity contribution in [2.24, 2.45) is 0 Å². The van der Waals surface area contributed by atoms with E-state index in [0.717, 1.165) is 13.0 Å². The first-order valence-electron chi connectivity index (χ1n) is 8.94. The van der Waals surface area contributed by atoms with Crippen LogP contribution < -0.4 is 15.4 Å². The van der Waals surface area contributed by atoms with Crippen LogP contribution in [0.25, 0.3) is 0 Å². The summed E-state index contributed by atoms with van der Waals surface area (Å²) in [5.41, 5.74) is 2.49. The summed E-state index contributed by atoms with van der Waals surface area (Å²) in [5.74, 6) is 1.07. The molecular formula is C20H24N4O2. The SMILES string of the molecule is COc1cccc(NC(=O)c2cc(NCCC3=CCCCC3)ncn2)c1. The first-order valence-corrected chi connectivity index (χ1v) is 8.94. The third kappa shape index (κ3) is 5.05. The van der Waals surface area contributed by atoms with Crippen LogP contribution in [0.3, 0.4) is 0 Å². The van der Waals surface area contributed by atoms with Crippen molar-refractivity contribution in [1.82, 2.24) is 9.97 Å². The van der Waals surface area contributed by atoms with E-state index in [9.17, 15) is 4.79 Å². The fourth-order valence-electron chi connectivity index (χ4n) is 2.96. The van der Waals surface area contributed by atoms with E-state index in [4.69, 9.17) is 4.74 Å². The third-order valence-corrected chi connectivity index (χ3v) is 4.36. The molecule has 0 atom stereocenters. The van der Waals surface area contributed by atoms with E-state index < -0.39 is 0 Å². The van der Waals surface area contributed by atoms with Gasteiger partial charge in [0.05, 0.1) is 7.11 Å². The molecule has 0 saturated heterocycles. The predicted octanol–water partition coefficient (Wildman–Crippen LogP) is 4.04. The van der Waals surface area contributed by atoms with Crippen molar-refractivity contribution in [2.45, 2.75) is 32.1 Å². The number of aromatic nitrogens is 2. The normalized spacial score (nSPS) is 13.7. The van der Waals surface area contributed by atoms with Gasteiger partial charge in [0.15, 0.2) is 0 Å². The van der Waals surface area contributed by atoms with Gasteiger partial charge in [0.2, 0.25) is 0 Å². The highest BCUT2D eigenvalue weighted by molar-refractivity contribution is 6.03. The highest BCUT2D eigenvalue weighted by Gasteiger charge is 2.10. The number of rotatable bonds is 7. The number of nitrogens with one attached hydrogen (secondary N) is 2. The second kappa shape index (κ2) is 8.99. The molecule has 3 rings (SSSR count). The molecule has 136 valence electrons. The lowest BCUT2D eigenvalue weighted by molar-refractivity contribution is 0.102. The number of amides is 1. The zero-order valence-electron chi connectivity index (χ0n) is 15.0. The lowest BCUT2D eigenvalue weighted by atomic mass is 9.97.